The molecule has 0 aliphatic rings. The zero-order valence-electron chi connectivity index (χ0n) is 19.6. The van der Waals surface area contributed by atoms with Crippen LogP contribution < -0.4 is 27.6 Å². The molecule has 0 fully saturated rings. The van der Waals surface area contributed by atoms with Crippen molar-refractivity contribution in [3.63, 3.8) is 0 Å². The highest BCUT2D eigenvalue weighted by molar-refractivity contribution is 5.69. The van der Waals surface area contributed by atoms with Crippen molar-refractivity contribution in [1.82, 2.24) is 13.8 Å². The van der Waals surface area contributed by atoms with Gasteiger partial charge in [-0.15, -0.1) is 0 Å². The number of aromatic nitrogens is 3. The number of carbonyl (C=O) groups is 1. The van der Waals surface area contributed by atoms with E-state index in [4.69, 9.17) is 10.6 Å². The highest BCUT2D eigenvalue weighted by atomic mass is 16.5. The van der Waals surface area contributed by atoms with Gasteiger partial charge < -0.3 is 15.7 Å². The second-order valence-electron chi connectivity index (χ2n) is 8.43. The van der Waals surface area contributed by atoms with Gasteiger partial charge in [-0.25, -0.2) is 19.1 Å². The van der Waals surface area contributed by atoms with Gasteiger partial charge in [0.1, 0.15) is 5.75 Å². The van der Waals surface area contributed by atoms with Gasteiger partial charge in [-0.05, 0) is 50.6 Å². The lowest BCUT2D eigenvalue weighted by Gasteiger charge is -2.15. The molecule has 0 amide bonds. The third-order valence-electron chi connectivity index (χ3n) is 5.13. The van der Waals surface area contributed by atoms with Crippen LogP contribution >= 0.6 is 0 Å². The van der Waals surface area contributed by atoms with Crippen molar-refractivity contribution in [3.8, 4) is 5.75 Å². The average Bonchev–Trinajstić information content (AvgIpc) is 2.79. The zero-order chi connectivity index (χ0) is 25.0. The molecule has 3 aromatic rings. The molecule has 0 aliphatic heterocycles. The Kier molecular flexibility index (Phi) is 7.40. The Bertz CT molecular complexity index is 1350. The Balaban J connectivity index is 2.19. The molecule has 1 heterocycles. The Hall–Kier alpha value is -4.08. The van der Waals surface area contributed by atoms with Gasteiger partial charge in [-0.1, -0.05) is 36.8 Å². The van der Waals surface area contributed by atoms with Crippen molar-refractivity contribution in [2.75, 3.05) is 5.84 Å². The summed E-state index contributed by atoms with van der Waals surface area (Å²) < 4.78 is 8.49. The molecule has 1 atom stereocenters. The van der Waals surface area contributed by atoms with Gasteiger partial charge >= 0.3 is 17.3 Å². The van der Waals surface area contributed by atoms with E-state index in [2.05, 4.69) is 4.99 Å². The maximum atomic E-state index is 13.3. The van der Waals surface area contributed by atoms with Crippen LogP contribution in [0.4, 0.5) is 5.69 Å². The van der Waals surface area contributed by atoms with Crippen LogP contribution in [0.2, 0.25) is 0 Å². The number of rotatable bonds is 8. The van der Waals surface area contributed by atoms with Crippen molar-refractivity contribution in [2.24, 2.45) is 10.9 Å². The highest BCUT2D eigenvalue weighted by Gasteiger charge is 2.19. The summed E-state index contributed by atoms with van der Waals surface area (Å²) in [5.74, 6) is 4.65. The number of carboxylic acids is 1. The van der Waals surface area contributed by atoms with Crippen molar-refractivity contribution in [1.29, 1.82) is 0 Å². The molecule has 0 saturated heterocycles. The fraction of sp³-hybridized carbons (Fsp3) is 0.333. The van der Waals surface area contributed by atoms with E-state index in [9.17, 15) is 19.5 Å². The molecule has 0 unspecified atom stereocenters. The topological polar surface area (TPSA) is 134 Å². The number of benzene rings is 2. The number of aliphatic carboxylic acids is 1. The Labute approximate surface area is 196 Å². The number of ether oxygens (including phenoxy) is 1. The lowest BCUT2D eigenvalue weighted by Crippen LogP contribution is -2.58. The molecule has 0 radical (unpaired) electrons. The largest absolute Gasteiger partial charge is 0.491 e. The van der Waals surface area contributed by atoms with Crippen LogP contribution in [-0.4, -0.2) is 31.0 Å². The molecule has 1 aromatic heterocycles. The average molecular weight is 468 g/mol. The zero-order valence-corrected chi connectivity index (χ0v) is 19.6. The fourth-order valence-electron chi connectivity index (χ4n) is 3.28. The van der Waals surface area contributed by atoms with Crippen molar-refractivity contribution in [3.05, 3.63) is 86.2 Å². The highest BCUT2D eigenvalue weighted by Crippen LogP contribution is 2.18. The first-order valence-electron chi connectivity index (χ1n) is 10.9. The molecule has 0 bridgehead atoms. The molecule has 0 spiro atoms. The minimum absolute atomic E-state index is 0.00876. The van der Waals surface area contributed by atoms with E-state index in [1.165, 1.54) is 11.5 Å². The maximum Gasteiger partial charge on any atom is 0.353 e. The Morgan fingerprint density at radius 1 is 1.00 bits per heavy atom. The van der Waals surface area contributed by atoms with Gasteiger partial charge in [0.2, 0.25) is 5.62 Å². The van der Waals surface area contributed by atoms with Crippen LogP contribution in [0.3, 0.4) is 0 Å². The Morgan fingerprint density at radius 2 is 1.62 bits per heavy atom. The molecule has 34 heavy (non-hydrogen) atoms. The summed E-state index contributed by atoms with van der Waals surface area (Å²) in [6.07, 6.45) is 0.00876. The lowest BCUT2D eigenvalue weighted by atomic mass is 10.1. The molecule has 0 aliphatic carbocycles. The fourth-order valence-corrected chi connectivity index (χ4v) is 3.28. The van der Waals surface area contributed by atoms with Gasteiger partial charge in [0.15, 0.2) is 0 Å². The van der Waals surface area contributed by atoms with Crippen molar-refractivity contribution in [2.45, 2.75) is 46.9 Å². The number of nitrogens with zero attached hydrogens (tertiary/aromatic N) is 4. The SMILES string of the molecule is Cc1ccc(Cn2c(=Nc3ccc(OC(C)C)cc3)n(N)c(=O)n(C[C@H](C)C(=O)O)c2=O)cc1. The van der Waals surface area contributed by atoms with Crippen LogP contribution in [0.25, 0.3) is 0 Å². The first-order chi connectivity index (χ1) is 16.1. The first kappa shape index (κ1) is 24.6. The number of hydrogen-bond donors (Lipinski definition) is 2. The van der Waals surface area contributed by atoms with Crippen LogP contribution in [-0.2, 0) is 17.9 Å². The predicted octanol–water partition coefficient (Wildman–Crippen LogP) is 1.62. The van der Waals surface area contributed by atoms with Crippen molar-refractivity contribution < 1.29 is 14.6 Å². The minimum atomic E-state index is -1.13. The third kappa shape index (κ3) is 5.64. The smallest absolute Gasteiger partial charge is 0.353 e. The summed E-state index contributed by atoms with van der Waals surface area (Å²) in [6.45, 7) is 6.97. The number of aryl methyl sites for hydroxylation is 1. The van der Waals surface area contributed by atoms with E-state index in [1.54, 1.807) is 24.3 Å². The van der Waals surface area contributed by atoms with Crippen LogP contribution in [0.5, 0.6) is 5.75 Å². The second kappa shape index (κ2) is 10.2. The number of hydrogen-bond acceptors (Lipinski definition) is 6. The summed E-state index contributed by atoms with van der Waals surface area (Å²) in [5.41, 5.74) is 0.701. The standard InChI is InChI=1S/C24H29N5O5/c1-15(2)34-20-11-9-19(10-12-20)26-22-27(14-18-7-5-16(3)6-8-18)23(32)28(24(33)29(22)25)13-17(4)21(30)31/h5-12,15,17H,13-14,25H2,1-4H3,(H,30,31)/t17-/m0/s1. The van der Waals surface area contributed by atoms with Crippen molar-refractivity contribution >= 4 is 11.7 Å². The van der Waals surface area contributed by atoms with E-state index in [-0.39, 0.29) is 24.8 Å². The molecule has 10 nitrogen and oxygen atoms in total. The summed E-state index contributed by atoms with van der Waals surface area (Å²) in [7, 11) is 0. The molecule has 0 saturated carbocycles. The molecular formula is C24H29N5O5. The third-order valence-corrected chi connectivity index (χ3v) is 5.13. The predicted molar refractivity (Wildman–Crippen MR) is 128 cm³/mol. The minimum Gasteiger partial charge on any atom is -0.491 e. The monoisotopic (exact) mass is 467 g/mol. The summed E-state index contributed by atoms with van der Waals surface area (Å²) in [4.78, 5) is 42.0. The summed E-state index contributed by atoms with van der Waals surface area (Å²) in [6, 6.07) is 14.4. The molecule has 10 heteroatoms. The van der Waals surface area contributed by atoms with E-state index >= 15 is 0 Å². The molecule has 3 N–H and O–H groups in total. The maximum absolute atomic E-state index is 13.3. The van der Waals surface area contributed by atoms with Gasteiger partial charge in [-0.2, -0.15) is 4.68 Å². The normalized spacial score (nSPS) is 12.7. The number of nitrogen functional groups attached to an aromatic ring is 1. The van der Waals surface area contributed by atoms with E-state index < -0.39 is 23.3 Å². The Morgan fingerprint density at radius 3 is 2.18 bits per heavy atom. The quantitative estimate of drug-likeness (QED) is 0.484. The van der Waals surface area contributed by atoms with Gasteiger partial charge in [0, 0.05) is 6.54 Å². The van der Waals surface area contributed by atoms with E-state index in [1.807, 2.05) is 45.0 Å². The van der Waals surface area contributed by atoms with E-state index in [0.717, 1.165) is 20.4 Å². The number of carboxylic acid groups (broad SMARTS) is 1. The van der Waals surface area contributed by atoms with Gasteiger partial charge in [0.05, 0.1) is 24.3 Å². The first-order valence-corrected chi connectivity index (χ1v) is 10.9. The molecular weight excluding hydrogens is 438 g/mol. The molecule has 2 aromatic carbocycles. The van der Waals surface area contributed by atoms with Crippen LogP contribution in [0, 0.1) is 12.8 Å². The van der Waals surface area contributed by atoms with E-state index in [0.29, 0.717) is 11.4 Å². The summed E-state index contributed by atoms with van der Waals surface area (Å²) in [5, 5.41) is 9.26. The molecule has 3 rings (SSSR count). The lowest BCUT2D eigenvalue weighted by molar-refractivity contribution is -0.141. The summed E-state index contributed by atoms with van der Waals surface area (Å²) >= 11 is 0. The van der Waals surface area contributed by atoms with Crippen LogP contribution in [0.15, 0.2) is 63.1 Å². The van der Waals surface area contributed by atoms with Crippen LogP contribution in [0.1, 0.15) is 31.9 Å². The second-order valence-corrected chi connectivity index (χ2v) is 8.43. The number of nitrogens with two attached hydrogens (primary N) is 1. The molecule has 180 valence electrons. The van der Waals surface area contributed by atoms with Gasteiger partial charge in [0.25, 0.3) is 0 Å². The van der Waals surface area contributed by atoms with Gasteiger partial charge in [-0.3, -0.25) is 9.36 Å².